The van der Waals surface area contributed by atoms with Crippen molar-refractivity contribution < 1.29 is 0 Å². The molecule has 21 heavy (non-hydrogen) atoms. The van der Waals surface area contributed by atoms with Crippen LogP contribution in [0.5, 0.6) is 0 Å². The first-order valence-electron chi connectivity index (χ1n) is 7.13. The summed E-state index contributed by atoms with van der Waals surface area (Å²) < 4.78 is 1.34. The van der Waals surface area contributed by atoms with Gasteiger partial charge in [-0.25, -0.2) is 0 Å². The Morgan fingerprint density at radius 3 is 2.76 bits per heavy atom. The predicted octanol–water partition coefficient (Wildman–Crippen LogP) is 5.72. The van der Waals surface area contributed by atoms with Crippen molar-refractivity contribution in [3.8, 4) is 11.1 Å². The average molecular weight is 316 g/mol. The first kappa shape index (κ1) is 14.6. The van der Waals surface area contributed by atoms with E-state index in [1.165, 1.54) is 26.8 Å². The molecule has 3 heteroatoms. The van der Waals surface area contributed by atoms with Gasteiger partial charge in [0.15, 0.2) is 0 Å². The molecule has 1 aromatic heterocycles. The molecule has 2 aromatic carbocycles. The van der Waals surface area contributed by atoms with Crippen LogP contribution < -0.4 is 5.32 Å². The second-order valence-electron chi connectivity index (χ2n) is 5.48. The van der Waals surface area contributed by atoms with Crippen LogP contribution in [-0.4, -0.2) is 6.04 Å². The van der Waals surface area contributed by atoms with Crippen LogP contribution in [0.25, 0.3) is 21.2 Å². The van der Waals surface area contributed by atoms with E-state index in [1.807, 2.05) is 6.07 Å². The summed E-state index contributed by atoms with van der Waals surface area (Å²) in [7, 11) is 0. The summed E-state index contributed by atoms with van der Waals surface area (Å²) in [4.78, 5) is 0. The highest BCUT2D eigenvalue weighted by atomic mass is 35.5. The van der Waals surface area contributed by atoms with Crippen LogP contribution in [0.1, 0.15) is 19.4 Å². The lowest BCUT2D eigenvalue weighted by Crippen LogP contribution is -2.22. The molecule has 0 atom stereocenters. The van der Waals surface area contributed by atoms with Gasteiger partial charge in [0.1, 0.15) is 0 Å². The smallest absolute Gasteiger partial charge is 0.0421 e. The Morgan fingerprint density at radius 1 is 1.10 bits per heavy atom. The topological polar surface area (TPSA) is 12.0 Å². The van der Waals surface area contributed by atoms with Gasteiger partial charge in [-0.05, 0) is 45.7 Å². The van der Waals surface area contributed by atoms with Crippen molar-refractivity contribution in [2.24, 2.45) is 0 Å². The van der Waals surface area contributed by atoms with Crippen molar-refractivity contribution in [3.63, 3.8) is 0 Å². The van der Waals surface area contributed by atoms with Crippen molar-refractivity contribution in [3.05, 3.63) is 58.4 Å². The number of nitrogens with one attached hydrogen (secondary N) is 1. The molecular formula is C18H18ClNS. The maximum Gasteiger partial charge on any atom is 0.0421 e. The quantitative estimate of drug-likeness (QED) is 0.649. The van der Waals surface area contributed by atoms with Gasteiger partial charge in [0.25, 0.3) is 0 Å². The van der Waals surface area contributed by atoms with Crippen molar-refractivity contribution in [2.75, 3.05) is 0 Å². The number of fused-ring (bicyclic) bond motifs is 1. The van der Waals surface area contributed by atoms with Crippen LogP contribution >= 0.6 is 22.9 Å². The Labute approximate surface area is 134 Å². The van der Waals surface area contributed by atoms with E-state index >= 15 is 0 Å². The third-order valence-corrected chi connectivity index (χ3v) is 4.74. The van der Waals surface area contributed by atoms with Gasteiger partial charge in [0.2, 0.25) is 0 Å². The number of benzene rings is 2. The van der Waals surface area contributed by atoms with Gasteiger partial charge >= 0.3 is 0 Å². The van der Waals surface area contributed by atoms with E-state index < -0.39 is 0 Å². The lowest BCUT2D eigenvalue weighted by Gasteiger charge is -2.14. The molecule has 0 spiro atoms. The standard InChI is InChI=1S/C18H18ClNS/c1-12(2)20-11-14-10-15(19)6-7-16(14)17-5-3-4-13-8-9-21-18(13)17/h3-10,12,20H,11H2,1-2H3. The van der Waals surface area contributed by atoms with Crippen LogP contribution in [0.2, 0.25) is 5.02 Å². The number of hydrogen-bond acceptors (Lipinski definition) is 2. The molecule has 0 aliphatic carbocycles. The zero-order valence-corrected chi connectivity index (χ0v) is 13.8. The lowest BCUT2D eigenvalue weighted by atomic mass is 9.98. The summed E-state index contributed by atoms with van der Waals surface area (Å²) in [5.41, 5.74) is 3.80. The zero-order chi connectivity index (χ0) is 14.8. The second-order valence-corrected chi connectivity index (χ2v) is 6.83. The molecule has 3 aromatic rings. The fraction of sp³-hybridized carbons (Fsp3) is 0.222. The Hall–Kier alpha value is -1.35. The minimum Gasteiger partial charge on any atom is -0.310 e. The molecule has 0 radical (unpaired) electrons. The fourth-order valence-electron chi connectivity index (χ4n) is 2.49. The van der Waals surface area contributed by atoms with Crippen LogP contribution in [-0.2, 0) is 6.54 Å². The normalized spacial score (nSPS) is 11.4. The second kappa shape index (κ2) is 6.18. The number of halogens is 1. The predicted molar refractivity (Wildman–Crippen MR) is 94.2 cm³/mol. The Bertz CT molecular complexity index is 761. The van der Waals surface area contributed by atoms with Gasteiger partial charge < -0.3 is 5.32 Å². The summed E-state index contributed by atoms with van der Waals surface area (Å²) in [5, 5.41) is 7.73. The summed E-state index contributed by atoms with van der Waals surface area (Å²) >= 11 is 7.98. The van der Waals surface area contributed by atoms with E-state index in [2.05, 4.69) is 60.9 Å². The fourth-order valence-corrected chi connectivity index (χ4v) is 3.61. The van der Waals surface area contributed by atoms with Gasteiger partial charge in [-0.2, -0.15) is 0 Å². The third kappa shape index (κ3) is 3.13. The largest absolute Gasteiger partial charge is 0.310 e. The molecule has 0 aliphatic heterocycles. The Morgan fingerprint density at radius 2 is 1.95 bits per heavy atom. The van der Waals surface area contributed by atoms with Crippen LogP contribution in [0.15, 0.2) is 47.8 Å². The third-order valence-electron chi connectivity index (χ3n) is 3.54. The molecule has 1 heterocycles. The number of rotatable bonds is 4. The molecule has 0 fully saturated rings. The Kier molecular flexibility index (Phi) is 4.29. The van der Waals surface area contributed by atoms with Crippen LogP contribution in [0.3, 0.4) is 0 Å². The SMILES string of the molecule is CC(C)NCc1cc(Cl)ccc1-c1cccc2ccsc12. The van der Waals surface area contributed by atoms with Gasteiger partial charge in [-0.1, -0.05) is 49.7 Å². The maximum absolute atomic E-state index is 6.19. The highest BCUT2D eigenvalue weighted by Crippen LogP contribution is 2.35. The van der Waals surface area contributed by atoms with Crippen molar-refractivity contribution in [1.82, 2.24) is 5.32 Å². The van der Waals surface area contributed by atoms with E-state index in [1.54, 1.807) is 11.3 Å². The van der Waals surface area contributed by atoms with E-state index in [0.717, 1.165) is 11.6 Å². The first-order valence-corrected chi connectivity index (χ1v) is 8.39. The van der Waals surface area contributed by atoms with Gasteiger partial charge in [0.05, 0.1) is 0 Å². The molecule has 108 valence electrons. The van der Waals surface area contributed by atoms with Gasteiger partial charge in [-0.3, -0.25) is 0 Å². The summed E-state index contributed by atoms with van der Waals surface area (Å²) in [6.07, 6.45) is 0. The molecule has 0 unspecified atom stereocenters. The highest BCUT2D eigenvalue weighted by molar-refractivity contribution is 7.17. The molecule has 1 nitrogen and oxygen atoms in total. The van der Waals surface area contributed by atoms with Crippen molar-refractivity contribution >= 4 is 33.0 Å². The van der Waals surface area contributed by atoms with E-state index in [4.69, 9.17) is 11.6 Å². The summed E-state index contributed by atoms with van der Waals surface area (Å²) in [6, 6.07) is 15.3. The molecule has 0 bridgehead atoms. The van der Waals surface area contributed by atoms with E-state index in [9.17, 15) is 0 Å². The summed E-state index contributed by atoms with van der Waals surface area (Å²) in [5.74, 6) is 0. The molecule has 0 aliphatic rings. The highest BCUT2D eigenvalue weighted by Gasteiger charge is 2.10. The zero-order valence-electron chi connectivity index (χ0n) is 12.2. The van der Waals surface area contributed by atoms with Gasteiger partial charge in [-0.15, -0.1) is 11.3 Å². The molecule has 0 amide bonds. The monoisotopic (exact) mass is 315 g/mol. The number of thiophene rings is 1. The van der Waals surface area contributed by atoms with Crippen molar-refractivity contribution in [2.45, 2.75) is 26.4 Å². The van der Waals surface area contributed by atoms with E-state index in [0.29, 0.717) is 6.04 Å². The lowest BCUT2D eigenvalue weighted by molar-refractivity contribution is 0.589. The maximum atomic E-state index is 6.19. The molecule has 1 N–H and O–H groups in total. The molecule has 0 saturated carbocycles. The molecule has 0 saturated heterocycles. The summed E-state index contributed by atoms with van der Waals surface area (Å²) in [6.45, 7) is 5.14. The van der Waals surface area contributed by atoms with Gasteiger partial charge in [0, 0.05) is 22.3 Å². The molecule has 3 rings (SSSR count). The minimum absolute atomic E-state index is 0.453. The van der Waals surface area contributed by atoms with E-state index in [-0.39, 0.29) is 0 Å². The molecular weight excluding hydrogens is 298 g/mol. The van der Waals surface area contributed by atoms with Crippen LogP contribution in [0.4, 0.5) is 0 Å². The van der Waals surface area contributed by atoms with Crippen LogP contribution in [0, 0.1) is 0 Å². The average Bonchev–Trinajstić information content (AvgIpc) is 2.93. The number of hydrogen-bond donors (Lipinski definition) is 1. The van der Waals surface area contributed by atoms with Crippen molar-refractivity contribution in [1.29, 1.82) is 0 Å². The minimum atomic E-state index is 0.453. The Balaban J connectivity index is 2.11. The first-order chi connectivity index (χ1) is 10.1.